The minimum absolute atomic E-state index is 0.115. The Kier molecular flexibility index (Phi) is 5.64. The van der Waals surface area contributed by atoms with E-state index in [1.165, 1.54) is 0 Å². The van der Waals surface area contributed by atoms with E-state index in [1.54, 1.807) is 7.11 Å². The van der Waals surface area contributed by atoms with Crippen molar-refractivity contribution in [2.75, 3.05) is 57.7 Å². The number of methoxy groups -OCH3 is 1. The lowest BCUT2D eigenvalue weighted by molar-refractivity contribution is -0.153. The molecule has 2 aliphatic heterocycles. The van der Waals surface area contributed by atoms with E-state index in [2.05, 4.69) is 39.0 Å². The van der Waals surface area contributed by atoms with Gasteiger partial charge >= 0.3 is 0 Å². The Morgan fingerprint density at radius 1 is 1.13 bits per heavy atom. The molecule has 1 aromatic heterocycles. The highest BCUT2D eigenvalue weighted by atomic mass is 16.5. The Balaban J connectivity index is 1.49. The Morgan fingerprint density at radius 3 is 2.47 bits per heavy atom. The van der Waals surface area contributed by atoms with Gasteiger partial charge in [0.2, 0.25) is 11.9 Å². The van der Waals surface area contributed by atoms with E-state index >= 15 is 0 Å². The molecule has 7 nitrogen and oxygen atoms in total. The molecule has 0 radical (unpaired) electrons. The predicted molar refractivity (Wildman–Crippen MR) is 119 cm³/mol. The molecule has 4 rings (SSSR count). The molecule has 30 heavy (non-hydrogen) atoms. The number of carbonyl (C=O) groups is 1. The first-order valence-corrected chi connectivity index (χ1v) is 10.6. The van der Waals surface area contributed by atoms with Gasteiger partial charge in [0.1, 0.15) is 0 Å². The molecule has 0 N–H and O–H groups in total. The number of hydrogen-bond acceptors (Lipinski definition) is 6. The number of nitrogens with zero attached hydrogens (tertiary/aromatic N) is 5. The van der Waals surface area contributed by atoms with E-state index < -0.39 is 0 Å². The molecule has 1 amide bonds. The smallest absolute Gasteiger partial charge is 0.228 e. The lowest BCUT2D eigenvalue weighted by Gasteiger charge is -2.47. The van der Waals surface area contributed by atoms with Gasteiger partial charge in [0.05, 0.1) is 17.2 Å². The second-order valence-corrected chi connectivity index (χ2v) is 8.70. The monoisotopic (exact) mass is 409 g/mol. The fourth-order valence-corrected chi connectivity index (χ4v) is 4.68. The molecule has 0 aliphatic carbocycles. The number of carbonyl (C=O) groups excluding carboxylic acids is 1. The van der Waals surface area contributed by atoms with Gasteiger partial charge < -0.3 is 19.4 Å². The van der Waals surface area contributed by atoms with Crippen LogP contribution >= 0.6 is 0 Å². The number of likely N-dealkylation sites (tertiary alicyclic amines) is 1. The van der Waals surface area contributed by atoms with Crippen molar-refractivity contribution in [1.29, 1.82) is 0 Å². The summed E-state index contributed by atoms with van der Waals surface area (Å²) in [6.07, 6.45) is 4.36. The van der Waals surface area contributed by atoms with Crippen LogP contribution in [0.15, 0.2) is 36.5 Å². The average molecular weight is 410 g/mol. The first-order valence-electron chi connectivity index (χ1n) is 10.6. The second kappa shape index (κ2) is 8.22. The van der Waals surface area contributed by atoms with Gasteiger partial charge in [-0.1, -0.05) is 12.1 Å². The molecule has 1 atom stereocenters. The number of rotatable bonds is 4. The van der Waals surface area contributed by atoms with Crippen LogP contribution in [-0.4, -0.2) is 74.8 Å². The van der Waals surface area contributed by atoms with Crippen molar-refractivity contribution in [3.63, 3.8) is 0 Å². The van der Waals surface area contributed by atoms with E-state index in [9.17, 15) is 4.79 Å². The number of amides is 1. The van der Waals surface area contributed by atoms with E-state index in [1.807, 2.05) is 38.3 Å². The molecule has 1 spiro atoms. The van der Waals surface area contributed by atoms with E-state index in [0.717, 1.165) is 55.2 Å². The van der Waals surface area contributed by atoms with Gasteiger partial charge in [-0.05, 0) is 37.5 Å². The molecule has 0 saturated carbocycles. The van der Waals surface area contributed by atoms with Crippen molar-refractivity contribution < 1.29 is 9.53 Å². The molecule has 1 unspecified atom stereocenters. The van der Waals surface area contributed by atoms with Crippen LogP contribution in [-0.2, 0) is 9.53 Å². The standard InChI is InChI=1S/C23H31N5O2/c1-26(2)18-7-5-17(6-8-18)20-9-12-24-22(25-20)28-13-10-23(11-14-28)15-19(30-4)16-27(3)21(23)29/h5-9,12,19H,10-11,13-16H2,1-4H3. The Labute approximate surface area is 178 Å². The largest absolute Gasteiger partial charge is 0.380 e. The number of piperidine rings is 2. The Bertz CT molecular complexity index is 891. The summed E-state index contributed by atoms with van der Waals surface area (Å²) < 4.78 is 5.60. The molecule has 160 valence electrons. The summed E-state index contributed by atoms with van der Waals surface area (Å²) in [7, 11) is 7.69. The number of anilines is 2. The maximum Gasteiger partial charge on any atom is 0.228 e. The predicted octanol–water partition coefficient (Wildman–Crippen LogP) is 2.67. The zero-order chi connectivity index (χ0) is 21.3. The van der Waals surface area contributed by atoms with E-state index in [-0.39, 0.29) is 17.4 Å². The van der Waals surface area contributed by atoms with Crippen molar-refractivity contribution in [2.24, 2.45) is 5.41 Å². The molecule has 2 aliphatic rings. The molecule has 2 saturated heterocycles. The maximum absolute atomic E-state index is 12.9. The van der Waals surface area contributed by atoms with Crippen LogP contribution in [0.3, 0.4) is 0 Å². The summed E-state index contributed by atoms with van der Waals surface area (Å²) in [5.74, 6) is 0.991. The molecule has 0 bridgehead atoms. The lowest BCUT2D eigenvalue weighted by Crippen LogP contribution is -2.56. The lowest BCUT2D eigenvalue weighted by atomic mass is 9.71. The molecule has 3 heterocycles. The summed E-state index contributed by atoms with van der Waals surface area (Å²) in [5, 5.41) is 0. The number of ether oxygens (including phenoxy) is 1. The summed E-state index contributed by atoms with van der Waals surface area (Å²) in [6, 6.07) is 10.3. The summed E-state index contributed by atoms with van der Waals surface area (Å²) in [6.45, 7) is 2.23. The van der Waals surface area contributed by atoms with Crippen LogP contribution in [0.25, 0.3) is 11.3 Å². The van der Waals surface area contributed by atoms with Crippen molar-refractivity contribution >= 4 is 17.5 Å². The number of aromatic nitrogens is 2. The Morgan fingerprint density at radius 2 is 1.83 bits per heavy atom. The van der Waals surface area contributed by atoms with Gasteiger partial charge in [0.15, 0.2) is 0 Å². The van der Waals surface area contributed by atoms with Crippen LogP contribution in [0.1, 0.15) is 19.3 Å². The van der Waals surface area contributed by atoms with Crippen LogP contribution < -0.4 is 9.80 Å². The normalized spacial score (nSPS) is 21.2. The van der Waals surface area contributed by atoms with Crippen LogP contribution in [0.5, 0.6) is 0 Å². The van der Waals surface area contributed by atoms with Gasteiger partial charge in [-0.3, -0.25) is 4.79 Å². The number of likely N-dealkylation sites (N-methyl/N-ethyl adjacent to an activating group) is 1. The highest BCUT2D eigenvalue weighted by Crippen LogP contribution is 2.41. The van der Waals surface area contributed by atoms with Crippen LogP contribution in [0.4, 0.5) is 11.6 Å². The SMILES string of the molecule is COC1CN(C)C(=O)C2(CCN(c3nccc(-c4ccc(N(C)C)cc4)n3)CC2)C1. The third-order valence-electron chi connectivity index (χ3n) is 6.56. The summed E-state index contributed by atoms with van der Waals surface area (Å²) in [5.41, 5.74) is 2.83. The highest BCUT2D eigenvalue weighted by Gasteiger charge is 2.48. The molecular formula is C23H31N5O2. The highest BCUT2D eigenvalue weighted by molar-refractivity contribution is 5.84. The molecule has 7 heteroatoms. The minimum Gasteiger partial charge on any atom is -0.380 e. The molecular weight excluding hydrogens is 378 g/mol. The van der Waals surface area contributed by atoms with Crippen LogP contribution in [0, 0.1) is 5.41 Å². The first kappa shape index (κ1) is 20.6. The fourth-order valence-electron chi connectivity index (χ4n) is 4.68. The van der Waals surface area contributed by atoms with E-state index in [4.69, 9.17) is 9.72 Å². The van der Waals surface area contributed by atoms with Crippen molar-refractivity contribution in [3.05, 3.63) is 36.5 Å². The quantitative estimate of drug-likeness (QED) is 0.774. The maximum atomic E-state index is 12.9. The second-order valence-electron chi connectivity index (χ2n) is 8.70. The first-order chi connectivity index (χ1) is 14.4. The summed E-state index contributed by atoms with van der Waals surface area (Å²) in [4.78, 5) is 28.4. The summed E-state index contributed by atoms with van der Waals surface area (Å²) >= 11 is 0. The van der Waals surface area contributed by atoms with E-state index in [0.29, 0.717) is 6.54 Å². The van der Waals surface area contributed by atoms with Gasteiger partial charge in [0, 0.05) is 65.3 Å². The fraction of sp³-hybridized carbons (Fsp3) is 0.522. The zero-order valence-electron chi connectivity index (χ0n) is 18.3. The van der Waals surface area contributed by atoms with Crippen molar-refractivity contribution in [3.8, 4) is 11.3 Å². The van der Waals surface area contributed by atoms with Gasteiger partial charge in [-0.15, -0.1) is 0 Å². The third kappa shape index (κ3) is 3.86. The number of hydrogen-bond donors (Lipinski definition) is 0. The third-order valence-corrected chi connectivity index (χ3v) is 6.56. The molecule has 1 aromatic carbocycles. The Hall–Kier alpha value is -2.67. The van der Waals surface area contributed by atoms with Gasteiger partial charge in [0.25, 0.3) is 0 Å². The van der Waals surface area contributed by atoms with Crippen molar-refractivity contribution in [2.45, 2.75) is 25.4 Å². The van der Waals surface area contributed by atoms with Gasteiger partial charge in [-0.2, -0.15) is 0 Å². The number of benzene rings is 1. The minimum atomic E-state index is -0.316. The van der Waals surface area contributed by atoms with Crippen LogP contribution in [0.2, 0.25) is 0 Å². The molecule has 2 aromatic rings. The topological polar surface area (TPSA) is 61.8 Å². The van der Waals surface area contributed by atoms with Crippen molar-refractivity contribution in [1.82, 2.24) is 14.9 Å². The average Bonchev–Trinajstić information content (AvgIpc) is 2.78. The zero-order valence-corrected chi connectivity index (χ0v) is 18.3. The molecule has 2 fully saturated rings. The van der Waals surface area contributed by atoms with Gasteiger partial charge in [-0.25, -0.2) is 9.97 Å².